The highest BCUT2D eigenvalue weighted by atomic mass is 32.1. The Morgan fingerprint density at radius 3 is 2.93 bits per heavy atom. The Labute approximate surface area is 164 Å². The van der Waals surface area contributed by atoms with Crippen molar-refractivity contribution in [2.45, 2.75) is 12.5 Å². The molecular weight excluding hydrogens is 380 g/mol. The van der Waals surface area contributed by atoms with Crippen molar-refractivity contribution in [3.63, 3.8) is 0 Å². The first kappa shape index (κ1) is 18.4. The van der Waals surface area contributed by atoms with Gasteiger partial charge >= 0.3 is 0 Å². The lowest BCUT2D eigenvalue weighted by molar-refractivity contribution is -0.119. The van der Waals surface area contributed by atoms with Gasteiger partial charge in [0.05, 0.1) is 17.6 Å². The van der Waals surface area contributed by atoms with Crippen molar-refractivity contribution in [2.24, 2.45) is 7.05 Å². The van der Waals surface area contributed by atoms with Gasteiger partial charge in [-0.05, 0) is 18.2 Å². The fraction of sp³-hybridized carbons (Fsp3) is 0.250. The highest BCUT2D eigenvalue weighted by molar-refractivity contribution is 7.10. The van der Waals surface area contributed by atoms with Gasteiger partial charge in [0.25, 0.3) is 5.56 Å². The second-order valence-electron chi connectivity index (χ2n) is 6.54. The van der Waals surface area contributed by atoms with E-state index < -0.39 is 6.10 Å². The summed E-state index contributed by atoms with van der Waals surface area (Å²) in [5.41, 5.74) is 1.08. The number of fused-ring (bicyclic) bond motifs is 3. The Morgan fingerprint density at radius 2 is 2.14 bits per heavy atom. The van der Waals surface area contributed by atoms with Crippen LogP contribution in [0.5, 0.6) is 5.75 Å². The first-order chi connectivity index (χ1) is 13.5. The van der Waals surface area contributed by atoms with Crippen molar-refractivity contribution in [3.8, 4) is 5.75 Å². The molecule has 0 saturated carbocycles. The molecule has 3 heterocycles. The van der Waals surface area contributed by atoms with E-state index in [1.165, 1.54) is 23.0 Å². The van der Waals surface area contributed by atoms with Crippen molar-refractivity contribution >= 4 is 39.6 Å². The summed E-state index contributed by atoms with van der Waals surface area (Å²) in [6, 6.07) is 9.13. The van der Waals surface area contributed by atoms with E-state index in [9.17, 15) is 14.4 Å². The van der Waals surface area contributed by atoms with Crippen LogP contribution in [0.1, 0.15) is 27.8 Å². The van der Waals surface area contributed by atoms with E-state index in [-0.39, 0.29) is 35.8 Å². The van der Waals surface area contributed by atoms with Gasteiger partial charge in [-0.1, -0.05) is 12.1 Å². The molecule has 0 radical (unpaired) electrons. The molecule has 3 aromatic rings. The number of thiophene rings is 1. The van der Waals surface area contributed by atoms with E-state index in [1.54, 1.807) is 18.5 Å². The maximum absolute atomic E-state index is 12.8. The van der Waals surface area contributed by atoms with Gasteiger partial charge < -0.3 is 19.4 Å². The fourth-order valence-electron chi connectivity index (χ4n) is 3.36. The molecule has 1 aliphatic rings. The zero-order valence-electron chi connectivity index (χ0n) is 15.4. The summed E-state index contributed by atoms with van der Waals surface area (Å²) in [6.45, 7) is -0.0355. The van der Waals surface area contributed by atoms with E-state index >= 15 is 0 Å². The lowest BCUT2D eigenvalue weighted by Gasteiger charge is -2.26. The molecule has 1 N–H and O–H groups in total. The number of rotatable bonds is 4. The van der Waals surface area contributed by atoms with Crippen LogP contribution in [-0.2, 0) is 16.6 Å². The zero-order valence-corrected chi connectivity index (χ0v) is 16.2. The van der Waals surface area contributed by atoms with Crippen molar-refractivity contribution < 1.29 is 19.1 Å². The summed E-state index contributed by atoms with van der Waals surface area (Å²) in [4.78, 5) is 37.9. The van der Waals surface area contributed by atoms with Crippen LogP contribution in [0.2, 0.25) is 0 Å². The molecule has 2 aromatic heterocycles. The number of hydrogen-bond acceptors (Lipinski definition) is 6. The zero-order chi connectivity index (χ0) is 19.8. The average molecular weight is 398 g/mol. The summed E-state index contributed by atoms with van der Waals surface area (Å²) in [7, 11) is 3.10. The average Bonchev–Trinajstić information content (AvgIpc) is 3.14. The molecule has 4 rings (SSSR count). The minimum absolute atomic E-state index is 0.0355. The second kappa shape index (κ2) is 7.21. The predicted molar refractivity (Wildman–Crippen MR) is 106 cm³/mol. The first-order valence-corrected chi connectivity index (χ1v) is 9.56. The predicted octanol–water partition coefficient (Wildman–Crippen LogP) is 2.89. The van der Waals surface area contributed by atoms with Gasteiger partial charge in [0.15, 0.2) is 5.78 Å². The molecule has 1 aliphatic heterocycles. The van der Waals surface area contributed by atoms with E-state index in [0.29, 0.717) is 17.0 Å². The summed E-state index contributed by atoms with van der Waals surface area (Å²) < 4.78 is 12.4. The summed E-state index contributed by atoms with van der Waals surface area (Å²) in [6.07, 6.45) is -0.430. The highest BCUT2D eigenvalue weighted by Crippen LogP contribution is 2.40. The standard InChI is InChI=1S/C20H18N2O5S/c1-22-13-6-4-3-5-12(13)19-18(20(22)25)14(23)8-15(27-19)16-7-11(10-28-16)21-17(24)9-26-2/h3-7,10,15H,8-9H2,1-2H3,(H,21,24). The van der Waals surface area contributed by atoms with Gasteiger partial charge in [0.2, 0.25) is 5.91 Å². The fourth-order valence-corrected chi connectivity index (χ4v) is 4.23. The number of aryl methyl sites for hydroxylation is 1. The summed E-state index contributed by atoms with van der Waals surface area (Å²) in [5, 5.41) is 5.24. The number of carbonyl (C=O) groups excluding carboxylic acids is 2. The number of para-hydroxylation sites is 1. The molecule has 0 fully saturated rings. The molecule has 8 heteroatoms. The molecule has 0 spiro atoms. The number of ketones is 1. The minimum atomic E-state index is -0.506. The van der Waals surface area contributed by atoms with Crippen molar-refractivity contribution in [1.29, 1.82) is 0 Å². The number of nitrogens with zero attached hydrogens (tertiary/aromatic N) is 1. The lowest BCUT2D eigenvalue weighted by Crippen LogP contribution is -2.31. The van der Waals surface area contributed by atoms with Crippen LogP contribution in [0.3, 0.4) is 0 Å². The molecule has 7 nitrogen and oxygen atoms in total. The van der Waals surface area contributed by atoms with E-state index in [2.05, 4.69) is 5.32 Å². The molecule has 0 saturated heterocycles. The van der Waals surface area contributed by atoms with Gasteiger partial charge in [-0.2, -0.15) is 0 Å². The Kier molecular flexibility index (Phi) is 4.74. The topological polar surface area (TPSA) is 86.6 Å². The number of Topliss-reactive ketones (excluding diaryl/α,β-unsaturated/α-hetero) is 1. The monoisotopic (exact) mass is 398 g/mol. The molecule has 1 atom stereocenters. The number of benzene rings is 1. The SMILES string of the molecule is COCC(=O)Nc1csc(C2CC(=O)c3c(c4ccccc4n(C)c3=O)O2)c1. The number of pyridine rings is 1. The quantitative estimate of drug-likeness (QED) is 0.730. The number of hydrogen-bond donors (Lipinski definition) is 1. The number of aromatic nitrogens is 1. The van der Waals surface area contributed by atoms with E-state index in [0.717, 1.165) is 10.3 Å². The summed E-state index contributed by atoms with van der Waals surface area (Å²) in [5.74, 6) is -0.165. The van der Waals surface area contributed by atoms with Crippen molar-refractivity contribution in [2.75, 3.05) is 19.0 Å². The van der Waals surface area contributed by atoms with Crippen LogP contribution in [-0.4, -0.2) is 30.0 Å². The van der Waals surface area contributed by atoms with Crippen molar-refractivity contribution in [1.82, 2.24) is 4.57 Å². The van der Waals surface area contributed by atoms with Crippen LogP contribution in [0.15, 0.2) is 40.5 Å². The van der Waals surface area contributed by atoms with Crippen LogP contribution in [0, 0.1) is 0 Å². The first-order valence-electron chi connectivity index (χ1n) is 8.68. The summed E-state index contributed by atoms with van der Waals surface area (Å²) >= 11 is 1.39. The minimum Gasteiger partial charge on any atom is -0.483 e. The number of anilines is 1. The Balaban J connectivity index is 1.71. The molecule has 1 amide bonds. The van der Waals surface area contributed by atoms with Gasteiger partial charge in [-0.25, -0.2) is 0 Å². The highest BCUT2D eigenvalue weighted by Gasteiger charge is 2.33. The van der Waals surface area contributed by atoms with Gasteiger partial charge in [0, 0.05) is 29.8 Å². The molecule has 1 unspecified atom stereocenters. The van der Waals surface area contributed by atoms with Gasteiger partial charge in [-0.15, -0.1) is 11.3 Å². The van der Waals surface area contributed by atoms with Crippen molar-refractivity contribution in [3.05, 3.63) is 56.5 Å². The largest absolute Gasteiger partial charge is 0.483 e. The molecule has 1 aromatic carbocycles. The Hall–Kier alpha value is -2.97. The number of ether oxygens (including phenoxy) is 2. The van der Waals surface area contributed by atoms with E-state index in [1.807, 2.05) is 24.3 Å². The van der Waals surface area contributed by atoms with Gasteiger partial charge in [0.1, 0.15) is 24.0 Å². The third kappa shape index (κ3) is 3.10. The molecule has 0 bridgehead atoms. The maximum Gasteiger partial charge on any atom is 0.265 e. The molecule has 28 heavy (non-hydrogen) atoms. The van der Waals surface area contributed by atoms with Crippen LogP contribution < -0.4 is 15.6 Å². The third-order valence-corrected chi connectivity index (χ3v) is 5.69. The number of nitrogens with one attached hydrogen (secondary N) is 1. The van der Waals surface area contributed by atoms with Crippen LogP contribution in [0.25, 0.3) is 10.9 Å². The lowest BCUT2D eigenvalue weighted by atomic mass is 9.98. The number of amides is 1. The number of carbonyl (C=O) groups is 2. The van der Waals surface area contributed by atoms with E-state index in [4.69, 9.17) is 9.47 Å². The van der Waals surface area contributed by atoms with Crippen LogP contribution >= 0.6 is 11.3 Å². The van der Waals surface area contributed by atoms with Gasteiger partial charge in [-0.3, -0.25) is 14.4 Å². The smallest absolute Gasteiger partial charge is 0.265 e. The molecule has 144 valence electrons. The molecule has 0 aliphatic carbocycles. The maximum atomic E-state index is 12.8. The third-order valence-electron chi connectivity index (χ3n) is 4.66. The number of methoxy groups -OCH3 is 1. The Bertz CT molecular complexity index is 1150. The second-order valence-corrected chi connectivity index (χ2v) is 7.48. The normalized spacial score (nSPS) is 15.9. The molecular formula is C20H18N2O5S. The van der Waals surface area contributed by atoms with Crippen LogP contribution in [0.4, 0.5) is 5.69 Å². The Morgan fingerprint density at radius 1 is 1.36 bits per heavy atom.